The Labute approximate surface area is 52.5 Å². The summed E-state index contributed by atoms with van der Waals surface area (Å²) in [5.41, 5.74) is 0.342. The van der Waals surface area contributed by atoms with Crippen molar-refractivity contribution in [3.63, 3.8) is 0 Å². The smallest absolute Gasteiger partial charge is 0.0546 e. The van der Waals surface area contributed by atoms with Crippen LogP contribution in [0.25, 0.3) is 5.32 Å². The van der Waals surface area contributed by atoms with Gasteiger partial charge < -0.3 is 5.32 Å². The molecule has 0 radical (unpaired) electrons. The average Bonchev–Trinajstić information content (AvgIpc) is 1.62. The van der Waals surface area contributed by atoms with Crippen LogP contribution in [0.2, 0.25) is 0 Å². The van der Waals surface area contributed by atoms with Gasteiger partial charge in [0.2, 0.25) is 0 Å². The first-order valence-electron chi connectivity index (χ1n) is 3.07. The molecule has 0 rings (SSSR count). The molecule has 0 spiro atoms. The van der Waals surface area contributed by atoms with E-state index in [1.54, 1.807) is 0 Å². The van der Waals surface area contributed by atoms with Crippen LogP contribution in [0, 0.1) is 5.41 Å². The van der Waals surface area contributed by atoms with Crippen molar-refractivity contribution in [3.8, 4) is 0 Å². The van der Waals surface area contributed by atoms with Gasteiger partial charge in [-0.05, 0) is 0 Å². The summed E-state index contributed by atoms with van der Waals surface area (Å²) in [6, 6.07) is 0.475. The van der Waals surface area contributed by atoms with Crippen molar-refractivity contribution in [1.29, 1.82) is 0 Å². The number of hydrogen-bond donors (Lipinski definition) is 0. The van der Waals surface area contributed by atoms with Crippen LogP contribution >= 0.6 is 0 Å². The van der Waals surface area contributed by atoms with Gasteiger partial charge in [-0.15, -0.1) is 6.04 Å². The lowest BCUT2D eigenvalue weighted by Gasteiger charge is -2.36. The van der Waals surface area contributed by atoms with Crippen LogP contribution in [0.3, 0.4) is 0 Å². The van der Waals surface area contributed by atoms with E-state index in [9.17, 15) is 0 Å². The highest BCUT2D eigenvalue weighted by molar-refractivity contribution is 4.90. The van der Waals surface area contributed by atoms with Gasteiger partial charge in [0.25, 0.3) is 0 Å². The summed E-state index contributed by atoms with van der Waals surface area (Å²) in [5.74, 6) is 0. The third-order valence-corrected chi connectivity index (χ3v) is 1.64. The molecule has 1 heteroatoms. The van der Waals surface area contributed by atoms with E-state index in [4.69, 9.17) is 0 Å². The second-order valence-corrected chi connectivity index (χ2v) is 3.30. The zero-order chi connectivity index (χ0) is 6.78. The molecule has 0 aromatic rings. The zero-order valence-electron chi connectivity index (χ0n) is 6.52. The Morgan fingerprint density at radius 1 is 1.25 bits per heavy atom. The second-order valence-electron chi connectivity index (χ2n) is 3.30. The molecule has 0 unspecified atom stereocenters. The van der Waals surface area contributed by atoms with Crippen LogP contribution in [0.5, 0.6) is 0 Å². The Morgan fingerprint density at radius 3 is 1.62 bits per heavy atom. The second kappa shape index (κ2) is 2.49. The predicted molar refractivity (Wildman–Crippen MR) is 38.2 cm³/mol. The molecule has 1 atom stereocenters. The fraction of sp³-hybridized carbons (Fsp3) is 1.00. The van der Waals surface area contributed by atoms with Gasteiger partial charge in [-0.3, -0.25) is 0 Å². The van der Waals surface area contributed by atoms with E-state index in [1.807, 2.05) is 7.05 Å². The van der Waals surface area contributed by atoms with Crippen LogP contribution in [-0.4, -0.2) is 13.1 Å². The highest BCUT2D eigenvalue weighted by atomic mass is 14.9. The molecule has 0 bridgehead atoms. The van der Waals surface area contributed by atoms with Crippen molar-refractivity contribution in [2.24, 2.45) is 5.41 Å². The topological polar surface area (TPSA) is 14.1 Å². The Hall–Kier alpha value is -0.0400. The summed E-state index contributed by atoms with van der Waals surface area (Å²) < 4.78 is 0. The minimum Gasteiger partial charge on any atom is -0.662 e. The molecule has 0 heterocycles. The first-order valence-corrected chi connectivity index (χ1v) is 3.07. The van der Waals surface area contributed by atoms with Crippen LogP contribution in [0.15, 0.2) is 0 Å². The normalized spacial score (nSPS) is 16.1. The van der Waals surface area contributed by atoms with Gasteiger partial charge in [0.15, 0.2) is 0 Å². The van der Waals surface area contributed by atoms with Gasteiger partial charge in [0.05, 0.1) is 0 Å². The molecule has 0 N–H and O–H groups in total. The summed E-state index contributed by atoms with van der Waals surface area (Å²) in [7, 11) is 1.87. The average molecular weight is 114 g/mol. The minimum absolute atomic E-state index is 0.342. The van der Waals surface area contributed by atoms with Gasteiger partial charge in [0.1, 0.15) is 0 Å². The van der Waals surface area contributed by atoms with Crippen molar-refractivity contribution < 1.29 is 0 Å². The van der Waals surface area contributed by atoms with Gasteiger partial charge >= 0.3 is 0 Å². The van der Waals surface area contributed by atoms with Crippen LogP contribution in [0.4, 0.5) is 0 Å². The molecule has 0 aliphatic rings. The molecule has 0 saturated carbocycles. The predicted octanol–water partition coefficient (Wildman–Crippen LogP) is 2.42. The van der Waals surface area contributed by atoms with E-state index in [2.05, 4.69) is 33.0 Å². The summed E-state index contributed by atoms with van der Waals surface area (Å²) in [5, 5.41) is 4.16. The molecule has 0 aliphatic heterocycles. The number of rotatable bonds is 1. The summed E-state index contributed by atoms with van der Waals surface area (Å²) in [6.45, 7) is 8.74. The van der Waals surface area contributed by atoms with Crippen LogP contribution < -0.4 is 0 Å². The highest BCUT2D eigenvalue weighted by Gasteiger charge is 2.09. The van der Waals surface area contributed by atoms with Crippen molar-refractivity contribution in [1.82, 2.24) is 0 Å². The van der Waals surface area contributed by atoms with Gasteiger partial charge in [-0.1, -0.05) is 33.1 Å². The van der Waals surface area contributed by atoms with Crippen LogP contribution in [0.1, 0.15) is 27.7 Å². The number of nitrogens with zero attached hydrogens (tertiary/aromatic N) is 1. The maximum Gasteiger partial charge on any atom is -0.0546 e. The third kappa shape index (κ3) is 2.31. The van der Waals surface area contributed by atoms with E-state index < -0.39 is 0 Å². The fourth-order valence-electron chi connectivity index (χ4n) is 0.387. The molecule has 0 amide bonds. The molecule has 0 aliphatic carbocycles. The van der Waals surface area contributed by atoms with E-state index in [-0.39, 0.29) is 0 Å². The Balaban J connectivity index is 3.62. The first-order chi connectivity index (χ1) is 3.48. The maximum atomic E-state index is 4.16. The number of hydrogen-bond acceptors (Lipinski definition) is 0. The molecule has 50 valence electrons. The largest absolute Gasteiger partial charge is 0.662 e. The Kier molecular flexibility index (Phi) is 2.48. The van der Waals surface area contributed by atoms with E-state index in [0.717, 1.165) is 0 Å². The highest BCUT2D eigenvalue weighted by Crippen LogP contribution is 2.22. The van der Waals surface area contributed by atoms with E-state index in [0.29, 0.717) is 11.5 Å². The maximum absolute atomic E-state index is 4.16. The Bertz CT molecular complexity index is 61.3. The SMILES string of the molecule is C[N-][C@H](C)C(C)(C)C. The molecular weight excluding hydrogens is 98.1 g/mol. The monoisotopic (exact) mass is 114 g/mol. The molecule has 8 heavy (non-hydrogen) atoms. The van der Waals surface area contributed by atoms with E-state index >= 15 is 0 Å². The lowest BCUT2D eigenvalue weighted by atomic mass is 9.88. The standard InChI is InChI=1S/C7H16N/c1-6(8-5)7(2,3)4/h6H,1-5H3/q-1/t6-/m1/s1. The summed E-state index contributed by atoms with van der Waals surface area (Å²) >= 11 is 0. The molecule has 0 saturated heterocycles. The van der Waals surface area contributed by atoms with Crippen molar-refractivity contribution in [2.45, 2.75) is 33.7 Å². The fourth-order valence-corrected chi connectivity index (χ4v) is 0.387. The zero-order valence-corrected chi connectivity index (χ0v) is 6.52. The minimum atomic E-state index is 0.342. The summed E-state index contributed by atoms with van der Waals surface area (Å²) in [4.78, 5) is 0. The quantitative estimate of drug-likeness (QED) is 0.497. The van der Waals surface area contributed by atoms with Gasteiger partial charge in [0, 0.05) is 0 Å². The van der Waals surface area contributed by atoms with Crippen molar-refractivity contribution in [3.05, 3.63) is 5.32 Å². The molecule has 0 aromatic heterocycles. The molecule has 1 nitrogen and oxygen atoms in total. The lowest BCUT2D eigenvalue weighted by molar-refractivity contribution is 0.367. The van der Waals surface area contributed by atoms with Crippen molar-refractivity contribution in [2.75, 3.05) is 7.05 Å². The van der Waals surface area contributed by atoms with E-state index in [1.165, 1.54) is 0 Å². The van der Waals surface area contributed by atoms with Crippen LogP contribution in [-0.2, 0) is 0 Å². The third-order valence-electron chi connectivity index (χ3n) is 1.64. The van der Waals surface area contributed by atoms with Gasteiger partial charge in [-0.2, -0.15) is 7.05 Å². The van der Waals surface area contributed by atoms with Gasteiger partial charge in [-0.25, -0.2) is 0 Å². The summed E-state index contributed by atoms with van der Waals surface area (Å²) in [6.07, 6.45) is 0. The molecule has 0 aromatic carbocycles. The lowest BCUT2D eigenvalue weighted by Crippen LogP contribution is -2.21. The Morgan fingerprint density at radius 2 is 1.62 bits per heavy atom. The first kappa shape index (κ1) is 7.96. The molecular formula is C7H16N-. The van der Waals surface area contributed by atoms with Crippen molar-refractivity contribution >= 4 is 0 Å². The molecule has 0 fully saturated rings.